The maximum absolute atomic E-state index is 11.8. The van der Waals surface area contributed by atoms with Crippen LogP contribution in [-0.2, 0) is 6.54 Å². The lowest BCUT2D eigenvalue weighted by Crippen LogP contribution is -2.22. The van der Waals surface area contributed by atoms with E-state index in [1.54, 1.807) is 24.5 Å². The summed E-state index contributed by atoms with van der Waals surface area (Å²) in [4.78, 5) is 11.8. The Kier molecular flexibility index (Phi) is 3.66. The summed E-state index contributed by atoms with van der Waals surface area (Å²) in [7, 11) is 0. The molecular formula is C11H9Cl2N3O. The highest BCUT2D eigenvalue weighted by molar-refractivity contribution is 6.35. The molecule has 4 nitrogen and oxygen atoms in total. The Balaban J connectivity index is 2.07. The average Bonchev–Trinajstić information content (AvgIpc) is 2.82. The molecule has 2 N–H and O–H groups in total. The molecule has 0 aliphatic heterocycles. The second-order valence-corrected chi connectivity index (χ2v) is 4.26. The molecule has 1 aromatic carbocycles. The summed E-state index contributed by atoms with van der Waals surface area (Å²) in [5.41, 5.74) is 1.25. The Morgan fingerprint density at radius 2 is 2.24 bits per heavy atom. The Labute approximate surface area is 108 Å². The number of amides is 1. The molecule has 0 saturated carbocycles. The number of carbonyl (C=O) groups excluding carboxylic acids is 1. The number of nitrogens with zero attached hydrogens (tertiary/aromatic N) is 1. The van der Waals surface area contributed by atoms with E-state index >= 15 is 0 Å². The van der Waals surface area contributed by atoms with E-state index < -0.39 is 0 Å². The number of halogens is 2. The lowest BCUT2D eigenvalue weighted by molar-refractivity contribution is 0.0951. The number of rotatable bonds is 3. The summed E-state index contributed by atoms with van der Waals surface area (Å²) in [6.07, 6.45) is 3.35. The number of benzene rings is 1. The topological polar surface area (TPSA) is 57.8 Å². The van der Waals surface area contributed by atoms with Crippen molar-refractivity contribution in [3.63, 3.8) is 0 Å². The fourth-order valence-electron chi connectivity index (χ4n) is 1.32. The van der Waals surface area contributed by atoms with Crippen molar-refractivity contribution in [1.82, 2.24) is 15.5 Å². The fourth-order valence-corrected chi connectivity index (χ4v) is 1.70. The Hall–Kier alpha value is -1.52. The Morgan fingerprint density at radius 3 is 2.94 bits per heavy atom. The van der Waals surface area contributed by atoms with Crippen LogP contribution in [0.15, 0.2) is 30.6 Å². The van der Waals surface area contributed by atoms with Gasteiger partial charge in [0, 0.05) is 23.3 Å². The molecule has 0 aliphatic rings. The molecular weight excluding hydrogens is 261 g/mol. The van der Waals surface area contributed by atoms with E-state index in [1.165, 1.54) is 6.07 Å². The lowest BCUT2D eigenvalue weighted by atomic mass is 10.2. The number of aromatic amines is 1. The minimum atomic E-state index is -0.265. The molecule has 2 rings (SSSR count). The van der Waals surface area contributed by atoms with Crippen molar-refractivity contribution >= 4 is 29.1 Å². The van der Waals surface area contributed by atoms with Crippen LogP contribution in [-0.4, -0.2) is 16.1 Å². The van der Waals surface area contributed by atoms with Crippen LogP contribution < -0.4 is 5.32 Å². The standard InChI is InChI=1S/C11H9Cl2N3O/c12-8-1-2-10(13)9(3-8)11(17)14-4-7-5-15-16-6-7/h1-3,5-6H,4H2,(H,14,17)(H,15,16). The van der Waals surface area contributed by atoms with Gasteiger partial charge in [0.25, 0.3) is 5.91 Å². The molecule has 1 amide bonds. The number of aromatic nitrogens is 2. The highest BCUT2D eigenvalue weighted by atomic mass is 35.5. The molecule has 1 heterocycles. The van der Waals surface area contributed by atoms with E-state index in [9.17, 15) is 4.79 Å². The maximum Gasteiger partial charge on any atom is 0.253 e. The zero-order valence-corrected chi connectivity index (χ0v) is 10.2. The molecule has 0 saturated heterocycles. The van der Waals surface area contributed by atoms with Gasteiger partial charge in [-0.05, 0) is 18.2 Å². The number of hydrogen-bond donors (Lipinski definition) is 2. The SMILES string of the molecule is O=C(NCc1cn[nH]c1)c1cc(Cl)ccc1Cl. The minimum Gasteiger partial charge on any atom is -0.348 e. The van der Waals surface area contributed by atoms with Crippen molar-refractivity contribution in [2.45, 2.75) is 6.54 Å². The third-order valence-corrected chi connectivity index (χ3v) is 2.75. The van der Waals surface area contributed by atoms with E-state index in [2.05, 4.69) is 15.5 Å². The first-order valence-corrected chi connectivity index (χ1v) is 5.63. The highest BCUT2D eigenvalue weighted by Crippen LogP contribution is 2.20. The lowest BCUT2D eigenvalue weighted by Gasteiger charge is -2.05. The maximum atomic E-state index is 11.8. The van der Waals surface area contributed by atoms with Gasteiger partial charge in [0.1, 0.15) is 0 Å². The molecule has 1 aromatic heterocycles. The number of H-pyrrole nitrogens is 1. The first kappa shape index (κ1) is 12.0. The average molecular weight is 270 g/mol. The van der Waals surface area contributed by atoms with E-state index in [-0.39, 0.29) is 5.91 Å². The smallest absolute Gasteiger partial charge is 0.253 e. The number of carbonyl (C=O) groups is 1. The van der Waals surface area contributed by atoms with Crippen LogP contribution in [0, 0.1) is 0 Å². The van der Waals surface area contributed by atoms with Crippen LogP contribution in [0.4, 0.5) is 0 Å². The predicted octanol–water partition coefficient (Wildman–Crippen LogP) is 2.65. The van der Waals surface area contributed by atoms with Crippen molar-refractivity contribution < 1.29 is 4.79 Å². The minimum absolute atomic E-state index is 0.265. The summed E-state index contributed by atoms with van der Waals surface area (Å²) < 4.78 is 0. The largest absolute Gasteiger partial charge is 0.348 e. The van der Waals surface area contributed by atoms with Crippen molar-refractivity contribution in [2.24, 2.45) is 0 Å². The van der Waals surface area contributed by atoms with Crippen LogP contribution >= 0.6 is 23.2 Å². The van der Waals surface area contributed by atoms with Gasteiger partial charge in [-0.3, -0.25) is 9.89 Å². The second kappa shape index (κ2) is 5.21. The molecule has 0 fully saturated rings. The van der Waals surface area contributed by atoms with Crippen molar-refractivity contribution in [3.8, 4) is 0 Å². The van der Waals surface area contributed by atoms with Gasteiger partial charge in [0.05, 0.1) is 16.8 Å². The van der Waals surface area contributed by atoms with Gasteiger partial charge in [0.15, 0.2) is 0 Å². The first-order valence-electron chi connectivity index (χ1n) is 4.88. The summed E-state index contributed by atoms with van der Waals surface area (Å²) >= 11 is 11.7. The van der Waals surface area contributed by atoms with E-state index in [0.29, 0.717) is 22.2 Å². The third-order valence-electron chi connectivity index (χ3n) is 2.18. The van der Waals surface area contributed by atoms with Crippen LogP contribution in [0.25, 0.3) is 0 Å². The molecule has 0 bridgehead atoms. The highest BCUT2D eigenvalue weighted by Gasteiger charge is 2.10. The van der Waals surface area contributed by atoms with Gasteiger partial charge in [-0.2, -0.15) is 5.10 Å². The number of hydrogen-bond acceptors (Lipinski definition) is 2. The second-order valence-electron chi connectivity index (χ2n) is 3.41. The summed E-state index contributed by atoms with van der Waals surface area (Å²) in [5.74, 6) is -0.265. The zero-order valence-electron chi connectivity index (χ0n) is 8.71. The molecule has 0 atom stereocenters. The zero-order chi connectivity index (χ0) is 12.3. The molecule has 88 valence electrons. The van der Waals surface area contributed by atoms with Crippen molar-refractivity contribution in [1.29, 1.82) is 0 Å². The van der Waals surface area contributed by atoms with E-state index in [0.717, 1.165) is 5.56 Å². The predicted molar refractivity (Wildman–Crippen MR) is 66.2 cm³/mol. The molecule has 0 unspecified atom stereocenters. The van der Waals surface area contributed by atoms with E-state index in [4.69, 9.17) is 23.2 Å². The van der Waals surface area contributed by atoms with E-state index in [1.807, 2.05) is 0 Å². The summed E-state index contributed by atoms with van der Waals surface area (Å²) in [5, 5.41) is 10.0. The molecule has 17 heavy (non-hydrogen) atoms. The van der Waals surface area contributed by atoms with Crippen LogP contribution in [0.5, 0.6) is 0 Å². The molecule has 2 aromatic rings. The fraction of sp³-hybridized carbons (Fsp3) is 0.0909. The number of nitrogens with one attached hydrogen (secondary N) is 2. The van der Waals surface area contributed by atoms with Gasteiger partial charge < -0.3 is 5.32 Å². The Bertz CT molecular complexity index is 526. The van der Waals surface area contributed by atoms with Crippen LogP contribution in [0.1, 0.15) is 15.9 Å². The van der Waals surface area contributed by atoms with Gasteiger partial charge in [-0.15, -0.1) is 0 Å². The summed E-state index contributed by atoms with van der Waals surface area (Å²) in [6.45, 7) is 0.387. The third kappa shape index (κ3) is 2.99. The van der Waals surface area contributed by atoms with Crippen molar-refractivity contribution in [2.75, 3.05) is 0 Å². The monoisotopic (exact) mass is 269 g/mol. The molecule has 0 spiro atoms. The van der Waals surface area contributed by atoms with Crippen LogP contribution in [0.2, 0.25) is 10.0 Å². The quantitative estimate of drug-likeness (QED) is 0.900. The van der Waals surface area contributed by atoms with Crippen LogP contribution in [0.3, 0.4) is 0 Å². The molecule has 6 heteroatoms. The van der Waals surface area contributed by atoms with Gasteiger partial charge in [-0.25, -0.2) is 0 Å². The molecule has 0 aliphatic carbocycles. The van der Waals surface area contributed by atoms with Crippen molar-refractivity contribution in [3.05, 3.63) is 51.8 Å². The van der Waals surface area contributed by atoms with Gasteiger partial charge in [0.2, 0.25) is 0 Å². The normalized spacial score (nSPS) is 10.2. The van der Waals surface area contributed by atoms with Gasteiger partial charge in [-0.1, -0.05) is 23.2 Å². The first-order chi connectivity index (χ1) is 8.16. The van der Waals surface area contributed by atoms with Gasteiger partial charge >= 0.3 is 0 Å². The Morgan fingerprint density at radius 1 is 1.41 bits per heavy atom. The molecule has 0 radical (unpaired) electrons. The summed E-state index contributed by atoms with van der Waals surface area (Å²) in [6, 6.07) is 4.77.